The number of allylic oxidation sites excluding steroid dienone is 1. The maximum absolute atomic E-state index is 10.5. The SMILES string of the molecule is O=CC(=C[O-])c1nc2ccccc2s1.[Na+]. The Morgan fingerprint density at radius 1 is 1.40 bits per heavy atom. The molecule has 0 aliphatic carbocycles. The van der Waals surface area contributed by atoms with Crippen molar-refractivity contribution in [2.75, 3.05) is 0 Å². The van der Waals surface area contributed by atoms with E-state index in [1.807, 2.05) is 24.3 Å². The number of para-hydroxylation sites is 1. The molecule has 70 valence electrons. The Morgan fingerprint density at radius 2 is 2.13 bits per heavy atom. The van der Waals surface area contributed by atoms with E-state index in [9.17, 15) is 9.90 Å². The summed E-state index contributed by atoms with van der Waals surface area (Å²) >= 11 is 1.34. The zero-order valence-electron chi connectivity index (χ0n) is 8.14. The first-order chi connectivity index (χ1) is 6.85. The molecular formula is C10H6NNaO2S. The second-order valence-electron chi connectivity index (χ2n) is 2.68. The van der Waals surface area contributed by atoms with Crippen LogP contribution in [0.4, 0.5) is 0 Å². The fourth-order valence-corrected chi connectivity index (χ4v) is 2.06. The normalized spacial score (nSPS) is 11.1. The molecule has 1 aromatic carbocycles. The molecule has 0 aliphatic heterocycles. The Balaban J connectivity index is 0.00000112. The number of carbonyl (C=O) groups is 1. The minimum Gasteiger partial charge on any atom is -0.877 e. The average molecular weight is 227 g/mol. The first-order valence-corrected chi connectivity index (χ1v) is 4.80. The summed E-state index contributed by atoms with van der Waals surface area (Å²) in [5.74, 6) is 0. The van der Waals surface area contributed by atoms with Gasteiger partial charge >= 0.3 is 29.6 Å². The number of carbonyl (C=O) groups excluding carboxylic acids is 1. The maximum atomic E-state index is 10.5. The molecule has 0 saturated heterocycles. The van der Waals surface area contributed by atoms with Crippen molar-refractivity contribution in [2.45, 2.75) is 0 Å². The molecular weight excluding hydrogens is 221 g/mol. The molecule has 1 heterocycles. The molecule has 2 rings (SSSR count). The van der Waals surface area contributed by atoms with Gasteiger partial charge in [0, 0.05) is 5.57 Å². The van der Waals surface area contributed by atoms with E-state index in [2.05, 4.69) is 4.98 Å². The number of aldehydes is 1. The summed E-state index contributed by atoms with van der Waals surface area (Å²) in [5, 5.41) is 11.0. The van der Waals surface area contributed by atoms with Crippen molar-refractivity contribution >= 4 is 33.4 Å². The van der Waals surface area contributed by atoms with E-state index in [1.54, 1.807) is 0 Å². The van der Waals surface area contributed by atoms with E-state index < -0.39 is 0 Å². The molecule has 0 spiro atoms. The number of aromatic nitrogens is 1. The van der Waals surface area contributed by atoms with E-state index >= 15 is 0 Å². The van der Waals surface area contributed by atoms with Crippen molar-refractivity contribution in [3.63, 3.8) is 0 Å². The van der Waals surface area contributed by atoms with Crippen LogP contribution in [0.15, 0.2) is 30.5 Å². The molecule has 0 fully saturated rings. The average Bonchev–Trinajstić information content (AvgIpc) is 2.63. The van der Waals surface area contributed by atoms with Crippen molar-refractivity contribution in [2.24, 2.45) is 0 Å². The molecule has 2 aromatic rings. The van der Waals surface area contributed by atoms with Crippen LogP contribution in [-0.2, 0) is 4.79 Å². The van der Waals surface area contributed by atoms with Crippen molar-refractivity contribution in [1.29, 1.82) is 0 Å². The van der Waals surface area contributed by atoms with Crippen LogP contribution in [0.1, 0.15) is 5.01 Å². The van der Waals surface area contributed by atoms with Gasteiger partial charge in [0.2, 0.25) is 0 Å². The Labute approximate surface area is 113 Å². The topological polar surface area (TPSA) is 53.0 Å². The number of fused-ring (bicyclic) bond motifs is 1. The monoisotopic (exact) mass is 227 g/mol. The van der Waals surface area contributed by atoms with Gasteiger partial charge < -0.3 is 5.11 Å². The first-order valence-electron chi connectivity index (χ1n) is 3.98. The van der Waals surface area contributed by atoms with Crippen molar-refractivity contribution in [3.8, 4) is 0 Å². The number of benzene rings is 1. The summed E-state index contributed by atoms with van der Waals surface area (Å²) in [6, 6.07) is 7.52. The van der Waals surface area contributed by atoms with Gasteiger partial charge in [-0.25, -0.2) is 4.98 Å². The zero-order valence-corrected chi connectivity index (χ0v) is 11.0. The summed E-state index contributed by atoms with van der Waals surface area (Å²) < 4.78 is 0.976. The van der Waals surface area contributed by atoms with Crippen LogP contribution in [0.3, 0.4) is 0 Å². The predicted octanol–water partition coefficient (Wildman–Crippen LogP) is -1.80. The number of hydrogen-bond donors (Lipinski definition) is 0. The predicted molar refractivity (Wildman–Crippen MR) is 53.7 cm³/mol. The second-order valence-corrected chi connectivity index (χ2v) is 3.71. The molecule has 0 aliphatic rings. The summed E-state index contributed by atoms with van der Waals surface area (Å²) in [4.78, 5) is 14.7. The third kappa shape index (κ3) is 2.46. The number of rotatable bonds is 2. The van der Waals surface area contributed by atoms with Gasteiger partial charge in [0.25, 0.3) is 0 Å². The minimum absolute atomic E-state index is 0. The van der Waals surface area contributed by atoms with E-state index in [0.717, 1.165) is 10.2 Å². The molecule has 0 unspecified atom stereocenters. The third-order valence-corrected chi connectivity index (χ3v) is 2.88. The molecule has 0 bridgehead atoms. The Kier molecular flexibility index (Phi) is 4.47. The van der Waals surface area contributed by atoms with Crippen molar-refractivity contribution in [3.05, 3.63) is 35.5 Å². The van der Waals surface area contributed by atoms with Gasteiger partial charge in [-0.2, -0.15) is 0 Å². The van der Waals surface area contributed by atoms with Gasteiger partial charge in [0.15, 0.2) is 6.29 Å². The summed E-state index contributed by atoms with van der Waals surface area (Å²) in [5.41, 5.74) is 0.917. The number of hydrogen-bond acceptors (Lipinski definition) is 4. The van der Waals surface area contributed by atoms with E-state index in [0.29, 0.717) is 17.6 Å². The van der Waals surface area contributed by atoms with Crippen LogP contribution < -0.4 is 34.7 Å². The third-order valence-electron chi connectivity index (χ3n) is 1.79. The standard InChI is InChI=1S/C10H7NO2S.Na/c12-5-7(6-13)10-11-8-3-1-2-4-9(8)14-10;/h1-6,12H;/q;+1/p-1. The van der Waals surface area contributed by atoms with Gasteiger partial charge in [0.1, 0.15) is 5.01 Å². The maximum Gasteiger partial charge on any atom is 1.00 e. The largest absolute Gasteiger partial charge is 1.00 e. The van der Waals surface area contributed by atoms with Crippen LogP contribution in [-0.4, -0.2) is 11.3 Å². The van der Waals surface area contributed by atoms with E-state index in [1.165, 1.54) is 11.3 Å². The van der Waals surface area contributed by atoms with Crippen molar-refractivity contribution < 1.29 is 39.5 Å². The summed E-state index contributed by atoms with van der Waals surface area (Å²) in [7, 11) is 0. The first kappa shape index (κ1) is 12.4. The number of nitrogens with zero attached hydrogens (tertiary/aromatic N) is 1. The van der Waals surface area contributed by atoms with Crippen LogP contribution in [0.5, 0.6) is 0 Å². The van der Waals surface area contributed by atoms with Crippen LogP contribution in [0.25, 0.3) is 15.8 Å². The Bertz CT molecular complexity index is 474. The van der Waals surface area contributed by atoms with Gasteiger partial charge in [-0.05, 0) is 12.1 Å². The molecule has 0 atom stereocenters. The Morgan fingerprint density at radius 3 is 2.73 bits per heavy atom. The minimum atomic E-state index is 0. The Hall–Kier alpha value is -0.680. The molecule has 0 N–H and O–H groups in total. The van der Waals surface area contributed by atoms with Gasteiger partial charge in [-0.1, -0.05) is 12.1 Å². The number of thiazole rings is 1. The fourth-order valence-electron chi connectivity index (χ4n) is 1.12. The fraction of sp³-hybridized carbons (Fsp3) is 0. The van der Waals surface area contributed by atoms with Gasteiger partial charge in [-0.3, -0.25) is 4.79 Å². The zero-order chi connectivity index (χ0) is 9.97. The molecule has 15 heavy (non-hydrogen) atoms. The van der Waals surface area contributed by atoms with Gasteiger partial charge in [0.05, 0.1) is 10.2 Å². The van der Waals surface area contributed by atoms with Gasteiger partial charge in [-0.15, -0.1) is 17.6 Å². The molecule has 0 amide bonds. The second kappa shape index (κ2) is 5.42. The summed E-state index contributed by atoms with van der Waals surface area (Å²) in [6.07, 6.45) is 1.06. The van der Waals surface area contributed by atoms with E-state index in [-0.39, 0.29) is 35.1 Å². The van der Waals surface area contributed by atoms with Crippen LogP contribution in [0, 0.1) is 0 Å². The molecule has 1 aromatic heterocycles. The van der Waals surface area contributed by atoms with Crippen LogP contribution >= 0.6 is 11.3 Å². The van der Waals surface area contributed by atoms with E-state index in [4.69, 9.17) is 0 Å². The molecule has 0 saturated carbocycles. The quantitative estimate of drug-likeness (QED) is 0.263. The summed E-state index contributed by atoms with van der Waals surface area (Å²) in [6.45, 7) is 0. The smallest absolute Gasteiger partial charge is 0.877 e. The molecule has 0 radical (unpaired) electrons. The van der Waals surface area contributed by atoms with Crippen LogP contribution in [0.2, 0.25) is 0 Å². The molecule has 3 nitrogen and oxygen atoms in total. The molecule has 5 heteroatoms. The van der Waals surface area contributed by atoms with Crippen molar-refractivity contribution in [1.82, 2.24) is 4.98 Å².